The van der Waals surface area contributed by atoms with Crippen LogP contribution in [-0.2, 0) is 6.54 Å². The molecule has 0 saturated carbocycles. The number of nitro benzene ring substituents is 1. The smallest absolute Gasteiger partial charge is 0.387 e. The van der Waals surface area contributed by atoms with Crippen molar-refractivity contribution in [2.45, 2.75) is 13.2 Å². The van der Waals surface area contributed by atoms with Gasteiger partial charge in [0.05, 0.1) is 25.2 Å². The molecule has 0 aliphatic heterocycles. The summed E-state index contributed by atoms with van der Waals surface area (Å²) in [4.78, 5) is 22.8. The summed E-state index contributed by atoms with van der Waals surface area (Å²) in [5.41, 5.74) is -0.391. The van der Waals surface area contributed by atoms with Crippen molar-refractivity contribution in [3.05, 3.63) is 57.6 Å². The summed E-state index contributed by atoms with van der Waals surface area (Å²) in [7, 11) is 2.63. The molecule has 0 fully saturated rings. The fraction of sp³-hybridized carbons (Fsp3) is 0.235. The van der Waals surface area contributed by atoms with E-state index >= 15 is 0 Å². The number of nitrogens with zero attached hydrogens (tertiary/aromatic N) is 1. The summed E-state index contributed by atoms with van der Waals surface area (Å²) in [6.07, 6.45) is 0. The Morgan fingerprint density at radius 2 is 1.81 bits per heavy atom. The normalized spacial score (nSPS) is 10.4. The van der Waals surface area contributed by atoms with Gasteiger partial charge in [-0.15, -0.1) is 0 Å². The second-order valence-corrected chi connectivity index (χ2v) is 5.15. The topological polar surface area (TPSA) is 99.9 Å². The lowest BCUT2D eigenvalue weighted by Crippen LogP contribution is -2.24. The molecule has 2 aromatic rings. The Kier molecular flexibility index (Phi) is 6.47. The lowest BCUT2D eigenvalue weighted by atomic mass is 10.1. The van der Waals surface area contributed by atoms with Crippen molar-refractivity contribution in [3.8, 4) is 17.2 Å². The maximum Gasteiger partial charge on any atom is 0.387 e. The minimum Gasteiger partial charge on any atom is -0.496 e. The molecule has 0 atom stereocenters. The van der Waals surface area contributed by atoms with Gasteiger partial charge in [0, 0.05) is 18.2 Å². The number of nitrogens with one attached hydrogen (secondary N) is 1. The Labute approximate surface area is 152 Å². The molecular formula is C17H16F2N2O6. The van der Waals surface area contributed by atoms with Crippen LogP contribution in [0, 0.1) is 10.1 Å². The summed E-state index contributed by atoms with van der Waals surface area (Å²) in [6.45, 7) is -3.17. The number of hydrogen-bond donors (Lipinski definition) is 1. The largest absolute Gasteiger partial charge is 0.496 e. The van der Waals surface area contributed by atoms with Gasteiger partial charge in [-0.3, -0.25) is 14.9 Å². The molecule has 27 heavy (non-hydrogen) atoms. The highest BCUT2D eigenvalue weighted by Gasteiger charge is 2.26. The van der Waals surface area contributed by atoms with Gasteiger partial charge in [-0.2, -0.15) is 8.78 Å². The van der Waals surface area contributed by atoms with Crippen LogP contribution < -0.4 is 19.5 Å². The zero-order chi connectivity index (χ0) is 20.0. The molecule has 0 saturated heterocycles. The molecule has 1 N–H and O–H groups in total. The highest BCUT2D eigenvalue weighted by atomic mass is 19.3. The Balaban J connectivity index is 2.32. The van der Waals surface area contributed by atoms with Crippen molar-refractivity contribution in [3.63, 3.8) is 0 Å². The van der Waals surface area contributed by atoms with E-state index in [2.05, 4.69) is 10.1 Å². The first-order valence-corrected chi connectivity index (χ1v) is 7.58. The van der Waals surface area contributed by atoms with Gasteiger partial charge in [-0.25, -0.2) is 0 Å². The summed E-state index contributed by atoms with van der Waals surface area (Å²) in [6, 6.07) is 8.61. The third kappa shape index (κ3) is 4.81. The average Bonchev–Trinajstić information content (AvgIpc) is 2.65. The Morgan fingerprint density at radius 3 is 2.41 bits per heavy atom. The molecule has 1 amide bonds. The van der Waals surface area contributed by atoms with Crippen LogP contribution in [0.2, 0.25) is 0 Å². The van der Waals surface area contributed by atoms with Gasteiger partial charge in [0.2, 0.25) is 0 Å². The van der Waals surface area contributed by atoms with Crippen LogP contribution in [0.15, 0.2) is 36.4 Å². The van der Waals surface area contributed by atoms with Crippen molar-refractivity contribution >= 4 is 11.6 Å². The number of hydrogen-bond acceptors (Lipinski definition) is 6. The molecule has 0 radical (unpaired) electrons. The summed E-state index contributed by atoms with van der Waals surface area (Å²) < 4.78 is 39.2. The van der Waals surface area contributed by atoms with Crippen LogP contribution in [0.1, 0.15) is 15.9 Å². The Hall–Kier alpha value is -3.43. The highest BCUT2D eigenvalue weighted by molar-refractivity contribution is 5.99. The van der Waals surface area contributed by atoms with E-state index < -0.39 is 28.9 Å². The number of rotatable bonds is 8. The molecule has 2 aromatic carbocycles. The van der Waals surface area contributed by atoms with E-state index in [9.17, 15) is 23.7 Å². The van der Waals surface area contributed by atoms with Crippen LogP contribution in [0.3, 0.4) is 0 Å². The van der Waals surface area contributed by atoms with E-state index in [0.29, 0.717) is 11.3 Å². The lowest BCUT2D eigenvalue weighted by molar-refractivity contribution is -0.385. The lowest BCUT2D eigenvalue weighted by Gasteiger charge is -2.13. The van der Waals surface area contributed by atoms with Gasteiger partial charge in [0.1, 0.15) is 11.3 Å². The zero-order valence-corrected chi connectivity index (χ0v) is 14.4. The molecule has 8 nitrogen and oxygen atoms in total. The maximum absolute atomic E-state index is 12.5. The summed E-state index contributed by atoms with van der Waals surface area (Å²) in [5, 5.41) is 13.8. The van der Waals surface area contributed by atoms with Crippen LogP contribution in [0.5, 0.6) is 17.2 Å². The van der Waals surface area contributed by atoms with E-state index in [1.807, 2.05) is 0 Å². The molecule has 0 heterocycles. The number of benzene rings is 2. The second-order valence-electron chi connectivity index (χ2n) is 5.15. The number of para-hydroxylation sites is 1. The molecule has 0 bridgehead atoms. The number of carbonyl (C=O) groups excluding carboxylic acids is 1. The van der Waals surface area contributed by atoms with Crippen molar-refractivity contribution in [1.82, 2.24) is 5.32 Å². The van der Waals surface area contributed by atoms with Gasteiger partial charge in [-0.1, -0.05) is 18.2 Å². The molecular weight excluding hydrogens is 366 g/mol. The highest BCUT2D eigenvalue weighted by Crippen LogP contribution is 2.35. The van der Waals surface area contributed by atoms with Crippen molar-refractivity contribution in [2.24, 2.45) is 0 Å². The maximum atomic E-state index is 12.5. The second kappa shape index (κ2) is 8.79. The van der Waals surface area contributed by atoms with E-state index in [1.165, 1.54) is 7.11 Å². The standard InChI is InChI=1S/C17H16F2N2O6/c1-25-13-6-4-3-5-10(13)9-20-16(22)11-7-14(26-2)15(27-17(18)19)8-12(11)21(23)24/h3-8,17H,9H2,1-2H3,(H,20,22). The predicted molar refractivity (Wildman–Crippen MR) is 90.4 cm³/mol. The zero-order valence-electron chi connectivity index (χ0n) is 14.4. The van der Waals surface area contributed by atoms with Crippen LogP contribution in [0.4, 0.5) is 14.5 Å². The molecule has 0 aromatic heterocycles. The molecule has 2 rings (SSSR count). The van der Waals surface area contributed by atoms with E-state index in [4.69, 9.17) is 9.47 Å². The number of nitro groups is 1. The molecule has 0 unspecified atom stereocenters. The predicted octanol–water partition coefficient (Wildman–Crippen LogP) is 3.14. The van der Waals surface area contributed by atoms with E-state index in [0.717, 1.165) is 19.2 Å². The fourth-order valence-electron chi connectivity index (χ4n) is 2.35. The molecule has 0 aliphatic carbocycles. The van der Waals surface area contributed by atoms with Crippen LogP contribution >= 0.6 is 0 Å². The Morgan fingerprint density at radius 1 is 1.15 bits per heavy atom. The number of halogens is 2. The van der Waals surface area contributed by atoms with E-state index in [-0.39, 0.29) is 17.9 Å². The first-order chi connectivity index (χ1) is 12.9. The van der Waals surface area contributed by atoms with Crippen molar-refractivity contribution in [2.75, 3.05) is 14.2 Å². The van der Waals surface area contributed by atoms with Gasteiger partial charge < -0.3 is 19.5 Å². The van der Waals surface area contributed by atoms with Gasteiger partial charge in [0.15, 0.2) is 11.5 Å². The van der Waals surface area contributed by atoms with E-state index in [1.54, 1.807) is 24.3 Å². The van der Waals surface area contributed by atoms with Crippen molar-refractivity contribution in [1.29, 1.82) is 0 Å². The minimum absolute atomic E-state index is 0.0393. The quantitative estimate of drug-likeness (QED) is 0.556. The summed E-state index contributed by atoms with van der Waals surface area (Å²) in [5.74, 6) is -1.02. The summed E-state index contributed by atoms with van der Waals surface area (Å²) >= 11 is 0. The SMILES string of the molecule is COc1ccccc1CNC(=O)c1cc(OC)c(OC(F)F)cc1[N+](=O)[O-]. The third-order valence-electron chi connectivity index (χ3n) is 3.57. The van der Waals surface area contributed by atoms with Gasteiger partial charge >= 0.3 is 6.61 Å². The number of amides is 1. The third-order valence-corrected chi connectivity index (χ3v) is 3.57. The number of carbonyl (C=O) groups is 1. The Bertz CT molecular complexity index is 844. The van der Waals surface area contributed by atoms with Gasteiger partial charge in [-0.05, 0) is 6.07 Å². The minimum atomic E-state index is -3.20. The molecule has 0 spiro atoms. The van der Waals surface area contributed by atoms with Gasteiger partial charge in [0.25, 0.3) is 11.6 Å². The number of ether oxygens (including phenoxy) is 3. The number of alkyl halides is 2. The monoisotopic (exact) mass is 382 g/mol. The first kappa shape index (κ1) is 19.9. The number of methoxy groups -OCH3 is 2. The molecule has 0 aliphatic rings. The molecule has 10 heteroatoms. The van der Waals surface area contributed by atoms with Crippen LogP contribution in [0.25, 0.3) is 0 Å². The first-order valence-electron chi connectivity index (χ1n) is 7.58. The average molecular weight is 382 g/mol. The van der Waals surface area contributed by atoms with Crippen molar-refractivity contribution < 1.29 is 32.7 Å². The fourth-order valence-corrected chi connectivity index (χ4v) is 2.35. The molecule has 144 valence electrons. The van der Waals surface area contributed by atoms with Crippen LogP contribution in [-0.4, -0.2) is 31.7 Å².